The van der Waals surface area contributed by atoms with Crippen molar-refractivity contribution in [2.45, 2.75) is 26.2 Å². The Morgan fingerprint density at radius 2 is 1.96 bits per heavy atom. The molecule has 138 valence electrons. The molecule has 2 heterocycles. The number of nitrogens with zero attached hydrogens (tertiary/aromatic N) is 3. The van der Waals surface area contributed by atoms with E-state index in [1.54, 1.807) is 6.07 Å². The molecule has 0 radical (unpaired) electrons. The number of amides is 2. The van der Waals surface area contributed by atoms with Gasteiger partial charge in [0.25, 0.3) is 0 Å². The monoisotopic (exact) mass is 353 g/mol. The van der Waals surface area contributed by atoms with Gasteiger partial charge in [-0.1, -0.05) is 37.3 Å². The Balaban J connectivity index is 1.44. The summed E-state index contributed by atoms with van der Waals surface area (Å²) in [4.78, 5) is 23.0. The number of rotatable bonds is 6. The van der Waals surface area contributed by atoms with Crippen LogP contribution in [0.15, 0.2) is 42.7 Å². The topological polar surface area (TPSA) is 70.2 Å². The van der Waals surface area contributed by atoms with Crippen molar-refractivity contribution in [2.24, 2.45) is 5.92 Å². The predicted octanol–water partition coefficient (Wildman–Crippen LogP) is 3.39. The van der Waals surface area contributed by atoms with Crippen LogP contribution in [-0.4, -0.2) is 47.1 Å². The van der Waals surface area contributed by atoms with Crippen LogP contribution in [0.4, 0.5) is 10.6 Å². The van der Waals surface area contributed by atoms with Crippen molar-refractivity contribution >= 4 is 11.8 Å². The first kappa shape index (κ1) is 18.3. The predicted molar refractivity (Wildman–Crippen MR) is 104 cm³/mol. The summed E-state index contributed by atoms with van der Waals surface area (Å²) in [6, 6.07) is 11.4. The highest BCUT2D eigenvalue weighted by molar-refractivity contribution is 5.88. The summed E-state index contributed by atoms with van der Waals surface area (Å²) < 4.78 is 0. The minimum atomic E-state index is -0.214. The third kappa shape index (κ3) is 5.26. The van der Waals surface area contributed by atoms with Gasteiger partial charge in [-0.05, 0) is 44.8 Å². The van der Waals surface area contributed by atoms with Gasteiger partial charge in [-0.15, -0.1) is 0 Å². The van der Waals surface area contributed by atoms with E-state index in [0.717, 1.165) is 24.2 Å². The third-order valence-electron chi connectivity index (χ3n) is 4.97. The van der Waals surface area contributed by atoms with Crippen molar-refractivity contribution in [3.05, 3.63) is 42.7 Å². The number of carbonyl (C=O) groups is 1. The maximum Gasteiger partial charge on any atom is 0.320 e. The van der Waals surface area contributed by atoms with Gasteiger partial charge in [0.2, 0.25) is 0 Å². The van der Waals surface area contributed by atoms with Crippen molar-refractivity contribution in [2.75, 3.05) is 31.5 Å². The number of piperidine rings is 1. The molecule has 1 aromatic carbocycles. The van der Waals surface area contributed by atoms with Gasteiger partial charge in [0.1, 0.15) is 12.1 Å². The van der Waals surface area contributed by atoms with Gasteiger partial charge >= 0.3 is 6.03 Å². The highest BCUT2D eigenvalue weighted by atomic mass is 16.2. The molecule has 2 amide bonds. The molecule has 26 heavy (non-hydrogen) atoms. The van der Waals surface area contributed by atoms with E-state index in [2.05, 4.69) is 32.4 Å². The SMILES string of the molecule is CCN1CCC(CCNC(=O)Nc2cc(-c3ccccc3)ncn2)CC1. The normalized spacial score (nSPS) is 15.6. The fraction of sp³-hybridized carbons (Fsp3) is 0.450. The lowest BCUT2D eigenvalue weighted by Gasteiger charge is -2.30. The van der Waals surface area contributed by atoms with Gasteiger partial charge in [0, 0.05) is 18.2 Å². The first-order chi connectivity index (χ1) is 12.7. The van der Waals surface area contributed by atoms with Crippen LogP contribution < -0.4 is 10.6 Å². The summed E-state index contributed by atoms with van der Waals surface area (Å²) >= 11 is 0. The first-order valence-electron chi connectivity index (χ1n) is 9.39. The Labute approximate surface area is 155 Å². The lowest BCUT2D eigenvalue weighted by molar-refractivity contribution is 0.186. The molecule has 1 aromatic heterocycles. The van der Waals surface area contributed by atoms with E-state index in [-0.39, 0.29) is 6.03 Å². The zero-order valence-electron chi connectivity index (χ0n) is 15.3. The minimum absolute atomic E-state index is 0.214. The molecule has 3 rings (SSSR count). The van der Waals surface area contributed by atoms with Crippen molar-refractivity contribution in [3.8, 4) is 11.3 Å². The smallest absolute Gasteiger partial charge is 0.320 e. The number of aromatic nitrogens is 2. The molecule has 6 nitrogen and oxygen atoms in total. The zero-order valence-corrected chi connectivity index (χ0v) is 15.3. The second kappa shape index (κ2) is 9.29. The Morgan fingerprint density at radius 1 is 1.19 bits per heavy atom. The highest BCUT2D eigenvalue weighted by Crippen LogP contribution is 2.20. The number of nitrogens with one attached hydrogen (secondary N) is 2. The summed E-state index contributed by atoms with van der Waals surface area (Å²) in [7, 11) is 0. The molecule has 0 saturated carbocycles. The molecule has 1 aliphatic heterocycles. The zero-order chi connectivity index (χ0) is 18.2. The van der Waals surface area contributed by atoms with Crippen LogP contribution in [0.5, 0.6) is 0 Å². The summed E-state index contributed by atoms with van der Waals surface area (Å²) in [6.45, 7) is 6.40. The fourth-order valence-corrected chi connectivity index (χ4v) is 3.33. The maximum atomic E-state index is 12.1. The van der Waals surface area contributed by atoms with Crippen LogP contribution in [0.25, 0.3) is 11.3 Å². The Hall–Kier alpha value is -2.47. The first-order valence-corrected chi connectivity index (χ1v) is 9.39. The molecule has 1 saturated heterocycles. The fourth-order valence-electron chi connectivity index (χ4n) is 3.33. The standard InChI is InChI=1S/C20H27N5O/c1-2-25-12-9-16(10-13-25)8-11-21-20(26)24-19-14-18(22-15-23-19)17-6-4-3-5-7-17/h3-7,14-16H,2,8-13H2,1H3,(H2,21,22,23,24,26). The summed E-state index contributed by atoms with van der Waals surface area (Å²) in [5.74, 6) is 1.22. The van der Waals surface area contributed by atoms with Gasteiger partial charge in [0.15, 0.2) is 0 Å². The molecule has 0 aliphatic carbocycles. The lowest BCUT2D eigenvalue weighted by atomic mass is 9.93. The second-order valence-electron chi connectivity index (χ2n) is 6.70. The Kier molecular flexibility index (Phi) is 6.55. The molecule has 2 N–H and O–H groups in total. The van der Waals surface area contributed by atoms with E-state index in [1.807, 2.05) is 30.3 Å². The largest absolute Gasteiger partial charge is 0.338 e. The van der Waals surface area contributed by atoms with Crippen molar-refractivity contribution in [3.63, 3.8) is 0 Å². The molecule has 1 aliphatic rings. The lowest BCUT2D eigenvalue weighted by Crippen LogP contribution is -2.35. The van der Waals surface area contributed by atoms with E-state index in [0.29, 0.717) is 18.3 Å². The van der Waals surface area contributed by atoms with Crippen LogP contribution in [0, 0.1) is 5.92 Å². The highest BCUT2D eigenvalue weighted by Gasteiger charge is 2.17. The van der Waals surface area contributed by atoms with Crippen LogP contribution in [0.2, 0.25) is 0 Å². The molecule has 6 heteroatoms. The van der Waals surface area contributed by atoms with Crippen LogP contribution in [0.1, 0.15) is 26.2 Å². The molecule has 0 atom stereocenters. The maximum absolute atomic E-state index is 12.1. The van der Waals surface area contributed by atoms with Gasteiger partial charge in [-0.3, -0.25) is 5.32 Å². The quantitative estimate of drug-likeness (QED) is 0.835. The molecule has 2 aromatic rings. The third-order valence-corrected chi connectivity index (χ3v) is 4.97. The molecule has 0 bridgehead atoms. The van der Waals surface area contributed by atoms with Gasteiger partial charge in [-0.2, -0.15) is 0 Å². The van der Waals surface area contributed by atoms with Crippen molar-refractivity contribution < 1.29 is 4.79 Å². The molecule has 0 spiro atoms. The van der Waals surface area contributed by atoms with E-state index >= 15 is 0 Å². The summed E-state index contributed by atoms with van der Waals surface area (Å²) in [5, 5.41) is 5.74. The average Bonchev–Trinajstić information content (AvgIpc) is 2.69. The van der Waals surface area contributed by atoms with Gasteiger partial charge in [0.05, 0.1) is 5.69 Å². The second-order valence-corrected chi connectivity index (χ2v) is 6.70. The number of anilines is 1. The Morgan fingerprint density at radius 3 is 2.69 bits per heavy atom. The van der Waals surface area contributed by atoms with Crippen molar-refractivity contribution in [1.82, 2.24) is 20.2 Å². The van der Waals surface area contributed by atoms with E-state index in [4.69, 9.17) is 0 Å². The van der Waals surface area contributed by atoms with E-state index < -0.39 is 0 Å². The summed E-state index contributed by atoms with van der Waals surface area (Å²) in [5.41, 5.74) is 1.79. The summed E-state index contributed by atoms with van der Waals surface area (Å²) in [6.07, 6.45) is 4.95. The Bertz CT molecular complexity index is 698. The molecule has 0 unspecified atom stereocenters. The minimum Gasteiger partial charge on any atom is -0.338 e. The number of hydrogen-bond donors (Lipinski definition) is 2. The van der Waals surface area contributed by atoms with Crippen LogP contribution in [0.3, 0.4) is 0 Å². The average molecular weight is 353 g/mol. The van der Waals surface area contributed by atoms with E-state index in [9.17, 15) is 4.79 Å². The van der Waals surface area contributed by atoms with Crippen molar-refractivity contribution in [1.29, 1.82) is 0 Å². The molecular weight excluding hydrogens is 326 g/mol. The molecular formula is C20H27N5O. The number of likely N-dealkylation sites (tertiary alicyclic amines) is 1. The van der Waals surface area contributed by atoms with Gasteiger partial charge < -0.3 is 10.2 Å². The number of benzene rings is 1. The number of hydrogen-bond acceptors (Lipinski definition) is 4. The molecule has 1 fully saturated rings. The number of carbonyl (C=O) groups excluding carboxylic acids is 1. The van der Waals surface area contributed by atoms with Gasteiger partial charge in [-0.25, -0.2) is 14.8 Å². The van der Waals surface area contributed by atoms with Crippen LogP contribution in [-0.2, 0) is 0 Å². The van der Waals surface area contributed by atoms with Crippen LogP contribution >= 0.6 is 0 Å². The number of urea groups is 1. The van der Waals surface area contributed by atoms with E-state index in [1.165, 1.54) is 32.3 Å².